The van der Waals surface area contributed by atoms with Crippen molar-refractivity contribution < 1.29 is 29.3 Å². The normalized spacial score (nSPS) is 26.7. The molecule has 2 aromatic carbocycles. The number of hydrogen-bond donors (Lipinski definition) is 3. The second kappa shape index (κ2) is 8.19. The third kappa shape index (κ3) is 3.45. The number of benzene rings is 2. The van der Waals surface area contributed by atoms with Gasteiger partial charge in [0.25, 0.3) is 0 Å². The van der Waals surface area contributed by atoms with Crippen LogP contribution in [-0.4, -0.2) is 40.6 Å². The number of aryl methyl sites for hydroxylation is 1. The number of phenolic OH excluding ortho intramolecular Hbond substituents is 1. The number of hydrogen-bond acceptors (Lipinski definition) is 6. The second-order valence-electron chi connectivity index (χ2n) is 9.25. The van der Waals surface area contributed by atoms with Crippen molar-refractivity contribution in [3.63, 3.8) is 0 Å². The first-order chi connectivity index (χ1) is 15.6. The van der Waals surface area contributed by atoms with Crippen molar-refractivity contribution in [3.8, 4) is 11.5 Å². The predicted molar refractivity (Wildman–Crippen MR) is 121 cm³/mol. The molecule has 8 nitrogen and oxygen atoms in total. The van der Waals surface area contributed by atoms with Crippen LogP contribution in [0.15, 0.2) is 42.5 Å². The van der Waals surface area contributed by atoms with Crippen LogP contribution < -0.4 is 15.0 Å². The third-order valence-corrected chi connectivity index (χ3v) is 6.61. The topological polar surface area (TPSA) is 116 Å². The monoisotopic (exact) mass is 452 g/mol. The summed E-state index contributed by atoms with van der Waals surface area (Å²) in [7, 11) is 1.41. The number of rotatable bonds is 6. The Morgan fingerprint density at radius 2 is 1.88 bits per heavy atom. The lowest BCUT2D eigenvalue weighted by Crippen LogP contribution is -2.56. The lowest BCUT2D eigenvalue weighted by atomic mass is 9.75. The van der Waals surface area contributed by atoms with E-state index in [1.165, 1.54) is 7.11 Å². The number of methoxy groups -OCH3 is 1. The van der Waals surface area contributed by atoms with Crippen LogP contribution >= 0.6 is 0 Å². The van der Waals surface area contributed by atoms with Crippen LogP contribution in [-0.2, 0) is 14.4 Å². The molecule has 2 saturated heterocycles. The molecule has 0 spiro atoms. The van der Waals surface area contributed by atoms with Gasteiger partial charge >= 0.3 is 5.97 Å². The van der Waals surface area contributed by atoms with Crippen LogP contribution in [0.5, 0.6) is 11.5 Å². The third-order valence-electron chi connectivity index (χ3n) is 6.61. The Hall–Kier alpha value is -3.39. The van der Waals surface area contributed by atoms with Crippen LogP contribution in [0.1, 0.15) is 37.4 Å². The van der Waals surface area contributed by atoms with Crippen LogP contribution in [0.25, 0.3) is 0 Å². The molecule has 4 atom stereocenters. The molecule has 0 aromatic heterocycles. The van der Waals surface area contributed by atoms with E-state index in [9.17, 15) is 24.6 Å². The molecule has 0 bridgehead atoms. The van der Waals surface area contributed by atoms with Gasteiger partial charge in [0.2, 0.25) is 11.8 Å². The molecule has 0 saturated carbocycles. The van der Waals surface area contributed by atoms with Crippen molar-refractivity contribution in [2.24, 2.45) is 17.8 Å². The summed E-state index contributed by atoms with van der Waals surface area (Å²) in [4.78, 5) is 41.2. The Balaban J connectivity index is 1.91. The molecule has 3 N–H and O–H groups in total. The maximum Gasteiger partial charge on any atom is 0.324 e. The first-order valence-electron chi connectivity index (χ1n) is 10.9. The van der Waals surface area contributed by atoms with Gasteiger partial charge in [-0.15, -0.1) is 0 Å². The summed E-state index contributed by atoms with van der Waals surface area (Å²) in [5.41, 5.74) is -0.0538. The molecule has 33 heavy (non-hydrogen) atoms. The first kappa shape index (κ1) is 22.8. The predicted octanol–water partition coefficient (Wildman–Crippen LogP) is 3.03. The average Bonchev–Trinajstić information content (AvgIpc) is 3.22. The average molecular weight is 453 g/mol. The number of carbonyl (C=O) groups excluding carboxylic acids is 2. The molecular weight excluding hydrogens is 424 g/mol. The Morgan fingerprint density at radius 3 is 2.48 bits per heavy atom. The van der Waals surface area contributed by atoms with Gasteiger partial charge in [-0.3, -0.25) is 19.7 Å². The highest BCUT2D eigenvalue weighted by atomic mass is 16.5. The van der Waals surface area contributed by atoms with Crippen LogP contribution in [0.2, 0.25) is 0 Å². The van der Waals surface area contributed by atoms with Crippen molar-refractivity contribution in [3.05, 3.63) is 53.6 Å². The van der Waals surface area contributed by atoms with Gasteiger partial charge in [0, 0.05) is 11.6 Å². The summed E-state index contributed by atoms with van der Waals surface area (Å²) in [5.74, 6) is -4.39. The smallest absolute Gasteiger partial charge is 0.324 e. The van der Waals surface area contributed by atoms with Gasteiger partial charge in [-0.2, -0.15) is 0 Å². The Labute approximate surface area is 192 Å². The number of aromatic hydroxyl groups is 1. The largest absolute Gasteiger partial charge is 0.504 e. The minimum absolute atomic E-state index is 0.0668. The highest BCUT2D eigenvalue weighted by molar-refractivity contribution is 6.24. The lowest BCUT2D eigenvalue weighted by molar-refractivity contribution is -0.149. The van der Waals surface area contributed by atoms with E-state index in [0.29, 0.717) is 11.3 Å². The number of imide groups is 1. The van der Waals surface area contributed by atoms with E-state index in [2.05, 4.69) is 5.32 Å². The molecule has 8 heteroatoms. The summed E-state index contributed by atoms with van der Waals surface area (Å²) >= 11 is 0. The number of nitrogens with zero attached hydrogens (tertiary/aromatic N) is 1. The summed E-state index contributed by atoms with van der Waals surface area (Å²) in [6.07, 6.45) is 0.144. The van der Waals surface area contributed by atoms with Gasteiger partial charge in [-0.1, -0.05) is 38.1 Å². The highest BCUT2D eigenvalue weighted by Gasteiger charge is 2.68. The van der Waals surface area contributed by atoms with Crippen molar-refractivity contribution >= 4 is 23.5 Å². The van der Waals surface area contributed by atoms with Crippen molar-refractivity contribution in [1.29, 1.82) is 0 Å². The first-order valence-corrected chi connectivity index (χ1v) is 10.9. The van der Waals surface area contributed by atoms with Crippen LogP contribution in [0.4, 0.5) is 5.69 Å². The fourth-order valence-electron chi connectivity index (χ4n) is 5.36. The Morgan fingerprint density at radius 1 is 1.18 bits per heavy atom. The van der Waals surface area contributed by atoms with Crippen LogP contribution in [0.3, 0.4) is 0 Å². The molecule has 2 aliphatic rings. The number of carboxylic acid groups (broad SMARTS) is 1. The maximum atomic E-state index is 13.7. The summed E-state index contributed by atoms with van der Waals surface area (Å²) in [6, 6.07) is 11.0. The number of carboxylic acids is 1. The molecule has 2 aromatic rings. The summed E-state index contributed by atoms with van der Waals surface area (Å²) < 4.78 is 5.22. The number of fused-ring (bicyclic) bond motifs is 1. The summed E-state index contributed by atoms with van der Waals surface area (Å²) in [5, 5.41) is 24.3. The van der Waals surface area contributed by atoms with E-state index >= 15 is 0 Å². The number of aliphatic carboxylic acids is 1. The van der Waals surface area contributed by atoms with E-state index in [0.717, 1.165) is 10.5 Å². The van der Waals surface area contributed by atoms with Gasteiger partial charge in [-0.25, -0.2) is 4.90 Å². The Bertz CT molecular complexity index is 1130. The minimum atomic E-state index is -1.66. The van der Waals surface area contributed by atoms with Gasteiger partial charge in [0.05, 0.1) is 24.6 Å². The zero-order chi connectivity index (χ0) is 24.1. The van der Waals surface area contributed by atoms with E-state index in [1.54, 1.807) is 36.4 Å². The molecule has 174 valence electrons. The SMILES string of the molecule is COc1cccc([C@@H]2N[C@](CC(C)C)(C(=O)O)[C@@H]3C(=O)N(c4cccc(C)c4)C(=O)[C@@H]32)c1O. The molecule has 0 aliphatic carbocycles. The number of amides is 2. The van der Waals surface area contributed by atoms with Crippen molar-refractivity contribution in [2.45, 2.75) is 38.8 Å². The molecular formula is C25H28N2O6. The van der Waals surface area contributed by atoms with Crippen molar-refractivity contribution in [2.75, 3.05) is 12.0 Å². The van der Waals surface area contributed by atoms with Gasteiger partial charge < -0.3 is 14.9 Å². The molecule has 0 radical (unpaired) electrons. The molecule has 2 aliphatic heterocycles. The number of para-hydroxylation sites is 1. The van der Waals surface area contributed by atoms with E-state index in [1.807, 2.05) is 26.8 Å². The fourth-order valence-corrected chi connectivity index (χ4v) is 5.36. The number of nitrogens with one attached hydrogen (secondary N) is 1. The molecule has 0 unspecified atom stereocenters. The highest BCUT2D eigenvalue weighted by Crippen LogP contribution is 2.53. The van der Waals surface area contributed by atoms with Gasteiger partial charge in [-0.05, 0) is 43.0 Å². The molecule has 2 heterocycles. The number of phenols is 1. The zero-order valence-electron chi connectivity index (χ0n) is 19.0. The molecule has 2 fully saturated rings. The zero-order valence-corrected chi connectivity index (χ0v) is 19.0. The molecule has 2 amide bonds. The van der Waals surface area contributed by atoms with E-state index in [4.69, 9.17) is 4.74 Å². The number of anilines is 1. The van der Waals surface area contributed by atoms with E-state index in [-0.39, 0.29) is 23.8 Å². The van der Waals surface area contributed by atoms with Gasteiger partial charge in [0.15, 0.2) is 11.5 Å². The Kier molecular flexibility index (Phi) is 5.66. The maximum absolute atomic E-state index is 13.7. The van der Waals surface area contributed by atoms with E-state index < -0.39 is 41.2 Å². The van der Waals surface area contributed by atoms with Gasteiger partial charge in [0.1, 0.15) is 5.54 Å². The number of ether oxygens (including phenoxy) is 1. The minimum Gasteiger partial charge on any atom is -0.504 e. The molecule has 4 rings (SSSR count). The fraction of sp³-hybridized carbons (Fsp3) is 0.400. The summed E-state index contributed by atoms with van der Waals surface area (Å²) in [6.45, 7) is 5.60. The standard InChI is InChI=1S/C25H28N2O6/c1-13(2)12-25(24(31)32)19-18(20(26-25)16-9-6-10-17(33-4)21(16)28)22(29)27(23(19)30)15-8-5-7-14(3)11-15/h5-11,13,18-20,26,28H,12H2,1-4H3,(H,31,32)/t18-,19-,20-,25-/m0/s1. The quantitative estimate of drug-likeness (QED) is 0.577. The second-order valence-corrected chi connectivity index (χ2v) is 9.25. The lowest BCUT2D eigenvalue weighted by Gasteiger charge is -2.32. The van der Waals surface area contributed by atoms with Crippen molar-refractivity contribution in [1.82, 2.24) is 5.32 Å². The number of carbonyl (C=O) groups is 3. The van der Waals surface area contributed by atoms with Crippen LogP contribution in [0, 0.1) is 24.7 Å².